The molecule has 0 atom stereocenters. The summed E-state index contributed by atoms with van der Waals surface area (Å²) in [6, 6.07) is 15.8. The summed E-state index contributed by atoms with van der Waals surface area (Å²) < 4.78 is 6.10. The van der Waals surface area contributed by atoms with Gasteiger partial charge in [-0.15, -0.1) is 0 Å². The molecular formula is C24H24N4O. The van der Waals surface area contributed by atoms with Crippen molar-refractivity contribution in [2.45, 2.75) is 19.8 Å². The molecule has 29 heavy (non-hydrogen) atoms. The number of nitriles is 1. The van der Waals surface area contributed by atoms with E-state index in [1.807, 2.05) is 55.6 Å². The standard InChI is InChI=1S/C24H24N4O/c1-17-2-5-21(14-27-17)24-23(20-6-3-18(13-25)4-7-20)12-22(15-28-24)29-16-19-8-10-26-11-9-19/h2-7,12,14-15,19,26H,8-11,16H2,1H3. The Kier molecular flexibility index (Phi) is 5.83. The van der Waals surface area contributed by atoms with E-state index in [2.05, 4.69) is 16.4 Å². The minimum absolute atomic E-state index is 0.579. The van der Waals surface area contributed by atoms with Crippen LogP contribution in [0, 0.1) is 24.2 Å². The first-order valence-corrected chi connectivity index (χ1v) is 10.00. The summed E-state index contributed by atoms with van der Waals surface area (Å²) in [5, 5.41) is 12.5. The van der Waals surface area contributed by atoms with Crippen LogP contribution in [-0.2, 0) is 0 Å². The topological polar surface area (TPSA) is 70.8 Å². The van der Waals surface area contributed by atoms with E-state index in [4.69, 9.17) is 15.0 Å². The lowest BCUT2D eigenvalue weighted by atomic mass is 9.98. The molecule has 0 unspecified atom stereocenters. The Bertz CT molecular complexity index is 1000. The summed E-state index contributed by atoms with van der Waals surface area (Å²) in [6.07, 6.45) is 5.93. The van der Waals surface area contributed by atoms with Gasteiger partial charge in [-0.25, -0.2) is 0 Å². The molecule has 146 valence electrons. The second-order valence-electron chi connectivity index (χ2n) is 7.45. The molecule has 1 aliphatic heterocycles. The molecule has 0 spiro atoms. The van der Waals surface area contributed by atoms with Gasteiger partial charge in [0.2, 0.25) is 0 Å². The van der Waals surface area contributed by atoms with Gasteiger partial charge in [0.1, 0.15) is 5.75 Å². The molecule has 0 saturated carbocycles. The maximum Gasteiger partial charge on any atom is 0.138 e. The lowest BCUT2D eigenvalue weighted by molar-refractivity contribution is 0.215. The first kappa shape index (κ1) is 19.1. The molecule has 0 radical (unpaired) electrons. The second-order valence-corrected chi connectivity index (χ2v) is 7.45. The highest BCUT2D eigenvalue weighted by Crippen LogP contribution is 2.33. The first-order valence-electron chi connectivity index (χ1n) is 10.00. The van der Waals surface area contributed by atoms with Crippen molar-refractivity contribution in [3.8, 4) is 34.2 Å². The number of hydrogen-bond acceptors (Lipinski definition) is 5. The predicted molar refractivity (Wildman–Crippen MR) is 113 cm³/mol. The molecule has 5 nitrogen and oxygen atoms in total. The molecule has 1 N–H and O–H groups in total. The van der Waals surface area contributed by atoms with Crippen LogP contribution in [0.1, 0.15) is 24.1 Å². The van der Waals surface area contributed by atoms with Crippen molar-refractivity contribution in [2.24, 2.45) is 5.92 Å². The van der Waals surface area contributed by atoms with Gasteiger partial charge in [-0.1, -0.05) is 12.1 Å². The Morgan fingerprint density at radius 1 is 1.03 bits per heavy atom. The van der Waals surface area contributed by atoms with E-state index in [1.165, 1.54) is 0 Å². The van der Waals surface area contributed by atoms with Gasteiger partial charge >= 0.3 is 0 Å². The summed E-state index contributed by atoms with van der Waals surface area (Å²) in [5.41, 5.74) is 5.40. The van der Waals surface area contributed by atoms with Crippen LogP contribution in [0.4, 0.5) is 0 Å². The van der Waals surface area contributed by atoms with E-state index in [0.717, 1.165) is 59.8 Å². The van der Waals surface area contributed by atoms with E-state index in [0.29, 0.717) is 18.1 Å². The van der Waals surface area contributed by atoms with Gasteiger partial charge in [-0.3, -0.25) is 9.97 Å². The first-order chi connectivity index (χ1) is 14.2. The molecular weight excluding hydrogens is 360 g/mol. The van der Waals surface area contributed by atoms with Crippen LogP contribution in [0.5, 0.6) is 5.75 Å². The Hall–Kier alpha value is -3.23. The van der Waals surface area contributed by atoms with Crippen molar-refractivity contribution >= 4 is 0 Å². The van der Waals surface area contributed by atoms with Crippen LogP contribution in [0.2, 0.25) is 0 Å². The van der Waals surface area contributed by atoms with Crippen LogP contribution in [-0.4, -0.2) is 29.7 Å². The second kappa shape index (κ2) is 8.85. The van der Waals surface area contributed by atoms with Crippen LogP contribution in [0.15, 0.2) is 54.9 Å². The predicted octanol–water partition coefficient (Wildman–Crippen LogP) is 4.37. The fourth-order valence-electron chi connectivity index (χ4n) is 3.57. The molecule has 0 bridgehead atoms. The van der Waals surface area contributed by atoms with Crippen molar-refractivity contribution in [3.05, 3.63) is 66.1 Å². The SMILES string of the molecule is Cc1ccc(-c2ncc(OCC3CCNCC3)cc2-c2ccc(C#N)cc2)cn1. The average Bonchev–Trinajstić information content (AvgIpc) is 2.79. The Morgan fingerprint density at radius 3 is 2.48 bits per heavy atom. The number of aromatic nitrogens is 2. The lowest BCUT2D eigenvalue weighted by Gasteiger charge is -2.22. The lowest BCUT2D eigenvalue weighted by Crippen LogP contribution is -2.30. The van der Waals surface area contributed by atoms with Crippen LogP contribution < -0.4 is 10.1 Å². The molecule has 2 aromatic heterocycles. The fraction of sp³-hybridized carbons (Fsp3) is 0.292. The zero-order valence-corrected chi connectivity index (χ0v) is 16.6. The Balaban J connectivity index is 1.66. The maximum atomic E-state index is 9.10. The maximum absolute atomic E-state index is 9.10. The molecule has 3 heterocycles. The van der Waals surface area contributed by atoms with Gasteiger partial charge < -0.3 is 10.1 Å². The van der Waals surface area contributed by atoms with Gasteiger partial charge in [-0.05, 0) is 74.7 Å². The summed E-state index contributed by atoms with van der Waals surface area (Å²) >= 11 is 0. The van der Waals surface area contributed by atoms with Crippen LogP contribution >= 0.6 is 0 Å². The summed E-state index contributed by atoms with van der Waals surface area (Å²) in [7, 11) is 0. The van der Waals surface area contributed by atoms with E-state index in [9.17, 15) is 0 Å². The zero-order chi connectivity index (χ0) is 20.1. The molecule has 3 aromatic rings. The van der Waals surface area contributed by atoms with Crippen LogP contribution in [0.3, 0.4) is 0 Å². The van der Waals surface area contributed by atoms with Crippen molar-refractivity contribution in [3.63, 3.8) is 0 Å². The summed E-state index contributed by atoms with van der Waals surface area (Å²) in [5.74, 6) is 1.35. The van der Waals surface area contributed by atoms with Crippen LogP contribution in [0.25, 0.3) is 22.4 Å². The molecule has 1 aromatic carbocycles. The smallest absolute Gasteiger partial charge is 0.138 e. The minimum Gasteiger partial charge on any atom is -0.492 e. The van der Waals surface area contributed by atoms with Gasteiger partial charge in [-0.2, -0.15) is 5.26 Å². The molecule has 4 rings (SSSR count). The van der Waals surface area contributed by atoms with Crippen molar-refractivity contribution in [1.82, 2.24) is 15.3 Å². The fourth-order valence-corrected chi connectivity index (χ4v) is 3.57. The average molecular weight is 384 g/mol. The summed E-state index contributed by atoms with van der Waals surface area (Å²) in [6.45, 7) is 4.79. The minimum atomic E-state index is 0.579. The molecule has 0 amide bonds. The number of aryl methyl sites for hydroxylation is 1. The van der Waals surface area contributed by atoms with E-state index < -0.39 is 0 Å². The molecule has 5 heteroatoms. The molecule has 1 fully saturated rings. The Morgan fingerprint density at radius 2 is 1.79 bits per heavy atom. The van der Waals surface area contributed by atoms with Crippen molar-refractivity contribution in [2.75, 3.05) is 19.7 Å². The number of nitrogens with one attached hydrogen (secondary N) is 1. The number of piperidine rings is 1. The number of pyridine rings is 2. The molecule has 1 aliphatic rings. The van der Waals surface area contributed by atoms with E-state index in [-0.39, 0.29) is 0 Å². The largest absolute Gasteiger partial charge is 0.492 e. The number of rotatable bonds is 5. The summed E-state index contributed by atoms with van der Waals surface area (Å²) in [4.78, 5) is 9.14. The normalized spacial score (nSPS) is 14.3. The van der Waals surface area contributed by atoms with Crippen molar-refractivity contribution < 1.29 is 4.74 Å². The third-order valence-corrected chi connectivity index (χ3v) is 5.32. The van der Waals surface area contributed by atoms with Gasteiger partial charge in [0.05, 0.1) is 30.1 Å². The Labute approximate surface area is 171 Å². The van der Waals surface area contributed by atoms with Crippen molar-refractivity contribution in [1.29, 1.82) is 5.26 Å². The van der Waals surface area contributed by atoms with Gasteiger partial charge in [0.15, 0.2) is 0 Å². The zero-order valence-electron chi connectivity index (χ0n) is 16.6. The van der Waals surface area contributed by atoms with Gasteiger partial charge in [0, 0.05) is 23.0 Å². The highest BCUT2D eigenvalue weighted by molar-refractivity contribution is 5.81. The van der Waals surface area contributed by atoms with E-state index in [1.54, 1.807) is 6.20 Å². The van der Waals surface area contributed by atoms with Gasteiger partial charge in [0.25, 0.3) is 0 Å². The monoisotopic (exact) mass is 384 g/mol. The highest BCUT2D eigenvalue weighted by atomic mass is 16.5. The quantitative estimate of drug-likeness (QED) is 0.707. The number of nitrogens with zero attached hydrogens (tertiary/aromatic N) is 3. The molecule has 1 saturated heterocycles. The number of hydrogen-bond donors (Lipinski definition) is 1. The molecule has 0 aliphatic carbocycles. The number of ether oxygens (including phenoxy) is 1. The highest BCUT2D eigenvalue weighted by Gasteiger charge is 2.15. The number of benzene rings is 1. The third-order valence-electron chi connectivity index (χ3n) is 5.32. The van der Waals surface area contributed by atoms with E-state index >= 15 is 0 Å². The third kappa shape index (κ3) is 4.61.